The summed E-state index contributed by atoms with van der Waals surface area (Å²) in [6, 6.07) is 6.40. The third kappa shape index (κ3) is 8.49. The fourth-order valence-corrected chi connectivity index (χ4v) is 9.98. The first-order valence-electron chi connectivity index (χ1n) is 16.5. The van der Waals surface area contributed by atoms with E-state index in [9.17, 15) is 39.5 Å². The van der Waals surface area contributed by atoms with Crippen LogP contribution in [-0.2, 0) is 15.9 Å². The van der Waals surface area contributed by atoms with Gasteiger partial charge in [-0.15, -0.1) is 0 Å². The van der Waals surface area contributed by atoms with E-state index >= 15 is 0 Å². The minimum Gasteiger partial charge on any atom is -0.493 e. The molecule has 2 fully saturated rings. The molecule has 3 nitrogen and oxygen atoms in total. The Labute approximate surface area is 279 Å². The zero-order valence-electron chi connectivity index (χ0n) is 26.8. The number of benzene rings is 1. The molecule has 14 heteroatoms. The number of ether oxygens (including phenoxy) is 3. The molecule has 0 aliphatic heterocycles. The standard InChI is InChI=1S/C33H45F9O3S2/c1-3-4-5-6-19-46-47-20-18-43-23-9-11-24-22(21-23)8-10-26-25(24)14-15-29(2)27(26)12-13-28(29)44-16-7-17-45-30(31(34,35)36,32(37,38)39)33(40,41)42/h9,11,21,25-28H,3-8,10,12-20H2,1-2H3. The van der Waals surface area contributed by atoms with E-state index in [0.29, 0.717) is 30.8 Å². The Morgan fingerprint density at radius 1 is 0.787 bits per heavy atom. The van der Waals surface area contributed by atoms with Gasteiger partial charge in [0.25, 0.3) is 0 Å². The highest BCUT2D eigenvalue weighted by molar-refractivity contribution is 8.76. The van der Waals surface area contributed by atoms with Crippen LogP contribution in [-0.4, -0.2) is 61.6 Å². The smallest absolute Gasteiger partial charge is 0.435 e. The van der Waals surface area contributed by atoms with Crippen molar-refractivity contribution >= 4 is 21.6 Å². The predicted octanol–water partition coefficient (Wildman–Crippen LogP) is 11.1. The highest BCUT2D eigenvalue weighted by Crippen LogP contribution is 2.62. The van der Waals surface area contributed by atoms with E-state index in [4.69, 9.17) is 9.47 Å². The van der Waals surface area contributed by atoms with Crippen molar-refractivity contribution in [2.24, 2.45) is 17.3 Å². The first-order chi connectivity index (χ1) is 22.1. The second kappa shape index (κ2) is 15.9. The third-order valence-corrected chi connectivity index (χ3v) is 12.8. The van der Waals surface area contributed by atoms with Gasteiger partial charge < -0.3 is 14.2 Å². The maximum absolute atomic E-state index is 13.1. The Morgan fingerprint density at radius 2 is 1.49 bits per heavy atom. The van der Waals surface area contributed by atoms with E-state index in [1.54, 1.807) is 0 Å². The van der Waals surface area contributed by atoms with Gasteiger partial charge in [-0.2, -0.15) is 39.5 Å². The van der Waals surface area contributed by atoms with E-state index in [-0.39, 0.29) is 18.1 Å². The van der Waals surface area contributed by atoms with Crippen LogP contribution in [0.15, 0.2) is 18.2 Å². The molecule has 5 unspecified atom stereocenters. The summed E-state index contributed by atoms with van der Waals surface area (Å²) in [7, 11) is 3.75. The van der Waals surface area contributed by atoms with Gasteiger partial charge in [0.05, 0.1) is 19.3 Å². The van der Waals surface area contributed by atoms with Crippen molar-refractivity contribution in [3.63, 3.8) is 0 Å². The van der Waals surface area contributed by atoms with Gasteiger partial charge in [-0.3, -0.25) is 0 Å². The van der Waals surface area contributed by atoms with Gasteiger partial charge in [-0.05, 0) is 97.8 Å². The summed E-state index contributed by atoms with van der Waals surface area (Å²) in [6.07, 6.45) is -10.7. The molecule has 0 heterocycles. The summed E-state index contributed by atoms with van der Waals surface area (Å²) in [5.74, 6) is 4.10. The van der Waals surface area contributed by atoms with Crippen molar-refractivity contribution in [2.75, 3.05) is 31.3 Å². The van der Waals surface area contributed by atoms with E-state index < -0.39 is 37.2 Å². The van der Waals surface area contributed by atoms with Crippen molar-refractivity contribution in [1.29, 1.82) is 0 Å². The Kier molecular flexibility index (Phi) is 13.1. The van der Waals surface area contributed by atoms with Crippen LogP contribution >= 0.6 is 21.6 Å². The fraction of sp³-hybridized carbons (Fsp3) is 0.818. The largest absolute Gasteiger partial charge is 0.493 e. The normalized spacial score (nSPS) is 26.5. The van der Waals surface area contributed by atoms with Crippen LogP contribution < -0.4 is 4.74 Å². The average Bonchev–Trinajstić information content (AvgIpc) is 3.31. The molecular weight excluding hydrogens is 679 g/mol. The Balaban J connectivity index is 1.26. The number of fused-ring (bicyclic) bond motifs is 5. The molecule has 0 aromatic heterocycles. The zero-order chi connectivity index (χ0) is 34.5. The number of hydrogen-bond acceptors (Lipinski definition) is 5. The van der Waals surface area contributed by atoms with Crippen LogP contribution in [0.25, 0.3) is 0 Å². The van der Waals surface area contributed by atoms with Crippen molar-refractivity contribution in [3.8, 4) is 5.75 Å². The molecule has 4 rings (SSSR count). The molecule has 270 valence electrons. The Hall–Kier alpha value is -0.990. The van der Waals surface area contributed by atoms with Gasteiger partial charge >= 0.3 is 24.1 Å². The van der Waals surface area contributed by atoms with Gasteiger partial charge in [0.2, 0.25) is 0 Å². The minimum absolute atomic E-state index is 0.234. The van der Waals surface area contributed by atoms with Crippen LogP contribution in [0.3, 0.4) is 0 Å². The molecule has 47 heavy (non-hydrogen) atoms. The van der Waals surface area contributed by atoms with Crippen molar-refractivity contribution in [3.05, 3.63) is 29.3 Å². The lowest BCUT2D eigenvalue weighted by Gasteiger charge is -2.50. The summed E-state index contributed by atoms with van der Waals surface area (Å²) in [4.78, 5) is 0. The van der Waals surface area contributed by atoms with E-state index in [1.807, 2.05) is 27.7 Å². The van der Waals surface area contributed by atoms with E-state index in [0.717, 1.165) is 49.4 Å². The van der Waals surface area contributed by atoms with Crippen LogP contribution in [0.1, 0.15) is 95.1 Å². The molecule has 5 atom stereocenters. The lowest BCUT2D eigenvalue weighted by Crippen LogP contribution is -2.67. The van der Waals surface area contributed by atoms with Crippen LogP contribution in [0, 0.1) is 17.3 Å². The quantitative estimate of drug-likeness (QED) is 0.0961. The van der Waals surface area contributed by atoms with Gasteiger partial charge in [-0.25, -0.2) is 0 Å². The Bertz CT molecular complexity index is 1110. The van der Waals surface area contributed by atoms with Crippen molar-refractivity contribution in [2.45, 2.75) is 121 Å². The molecule has 0 saturated heterocycles. The topological polar surface area (TPSA) is 27.7 Å². The molecule has 0 amide bonds. The predicted molar refractivity (Wildman–Crippen MR) is 167 cm³/mol. The lowest BCUT2D eigenvalue weighted by molar-refractivity contribution is -0.457. The van der Waals surface area contributed by atoms with Gasteiger partial charge in [0.15, 0.2) is 0 Å². The maximum Gasteiger partial charge on any atom is 0.435 e. The second-order valence-electron chi connectivity index (χ2n) is 13.2. The number of aryl methyl sites for hydroxylation is 1. The molecular formula is C33H45F9O3S2. The number of unbranched alkanes of at least 4 members (excludes halogenated alkanes) is 3. The summed E-state index contributed by atoms with van der Waals surface area (Å²) >= 11 is 0. The molecule has 0 spiro atoms. The molecule has 3 aliphatic rings. The fourth-order valence-electron chi connectivity index (χ4n) is 8.01. The van der Waals surface area contributed by atoms with Gasteiger partial charge in [-0.1, -0.05) is 60.8 Å². The highest BCUT2D eigenvalue weighted by atomic mass is 33.1. The highest BCUT2D eigenvalue weighted by Gasteiger charge is 2.85. The summed E-state index contributed by atoms with van der Waals surface area (Å²) < 4.78 is 134. The number of halogens is 9. The second-order valence-corrected chi connectivity index (χ2v) is 15.9. The number of alkyl halides is 9. The van der Waals surface area contributed by atoms with Crippen LogP contribution in [0.5, 0.6) is 5.75 Å². The number of hydrogen-bond donors (Lipinski definition) is 0. The third-order valence-electron chi connectivity index (χ3n) is 10.3. The van der Waals surface area contributed by atoms with Crippen LogP contribution in [0.2, 0.25) is 0 Å². The molecule has 1 aromatic rings. The first-order valence-corrected chi connectivity index (χ1v) is 19.0. The molecule has 0 radical (unpaired) electrons. The van der Waals surface area contributed by atoms with E-state index in [2.05, 4.69) is 30.7 Å². The van der Waals surface area contributed by atoms with Crippen LogP contribution in [0.4, 0.5) is 39.5 Å². The minimum atomic E-state index is -6.73. The zero-order valence-corrected chi connectivity index (χ0v) is 28.4. The molecule has 3 aliphatic carbocycles. The molecule has 1 aromatic carbocycles. The monoisotopic (exact) mass is 724 g/mol. The molecule has 0 bridgehead atoms. The van der Waals surface area contributed by atoms with Gasteiger partial charge in [0, 0.05) is 18.1 Å². The number of rotatable bonds is 16. The maximum atomic E-state index is 13.1. The lowest BCUT2D eigenvalue weighted by atomic mass is 9.55. The summed E-state index contributed by atoms with van der Waals surface area (Å²) in [5, 5.41) is 0. The summed E-state index contributed by atoms with van der Waals surface area (Å²) in [6.45, 7) is 3.28. The first kappa shape index (κ1) is 38.8. The van der Waals surface area contributed by atoms with Crippen molar-refractivity contribution in [1.82, 2.24) is 0 Å². The van der Waals surface area contributed by atoms with Crippen molar-refractivity contribution < 1.29 is 53.7 Å². The average molecular weight is 725 g/mol. The summed E-state index contributed by atoms with van der Waals surface area (Å²) in [5.41, 5.74) is -3.83. The van der Waals surface area contributed by atoms with E-state index in [1.165, 1.54) is 36.8 Å². The SMILES string of the molecule is CCCCCCSSCCOc1ccc2c(c1)CCC1C2CCC2(C)C(OCCCOC(C(F)(F)F)(C(F)(F)F)C(F)(F)F)CCC12. The Morgan fingerprint density at radius 3 is 2.17 bits per heavy atom. The molecule has 2 saturated carbocycles. The molecule has 0 N–H and O–H groups in total. The van der Waals surface area contributed by atoms with Gasteiger partial charge in [0.1, 0.15) is 5.75 Å².